The Labute approximate surface area is 158 Å². The molecule has 1 aromatic rings. The van der Waals surface area contributed by atoms with Gasteiger partial charge < -0.3 is 10.6 Å². The lowest BCUT2D eigenvalue weighted by atomic mass is 10.1. The monoisotopic (exact) mass is 430 g/mol. The van der Waals surface area contributed by atoms with Gasteiger partial charge in [0.15, 0.2) is 5.96 Å². The van der Waals surface area contributed by atoms with Crippen molar-refractivity contribution >= 4 is 29.9 Å². The second kappa shape index (κ2) is 10.9. The lowest BCUT2D eigenvalue weighted by molar-refractivity contribution is 0.253. The summed E-state index contributed by atoms with van der Waals surface area (Å²) < 4.78 is 0. The van der Waals surface area contributed by atoms with Crippen molar-refractivity contribution in [3.63, 3.8) is 0 Å². The number of nitrogens with one attached hydrogen (secondary N) is 2. The lowest BCUT2D eigenvalue weighted by Gasteiger charge is -2.23. The largest absolute Gasteiger partial charge is 0.357 e. The molecule has 1 saturated carbocycles. The van der Waals surface area contributed by atoms with Crippen LogP contribution < -0.4 is 10.6 Å². The van der Waals surface area contributed by atoms with Gasteiger partial charge in [0.1, 0.15) is 0 Å². The third-order valence-electron chi connectivity index (χ3n) is 4.22. The molecule has 0 aromatic heterocycles. The summed E-state index contributed by atoms with van der Waals surface area (Å²) in [6.45, 7) is 7.00. The number of aliphatic imine (C=N–C) groups is 1. The molecular weight excluding hydrogens is 399 g/mol. The van der Waals surface area contributed by atoms with E-state index in [0.29, 0.717) is 6.04 Å². The maximum absolute atomic E-state index is 4.73. The number of hydrogen-bond acceptors (Lipinski definition) is 2. The normalized spacial score (nSPS) is 15.9. The Kier molecular flexibility index (Phi) is 9.55. The molecule has 1 unspecified atom stereocenters. The predicted octanol–water partition coefficient (Wildman–Crippen LogP) is 2.88. The third kappa shape index (κ3) is 7.52. The molecule has 130 valence electrons. The second-order valence-electron chi connectivity index (χ2n) is 6.13. The molecule has 1 aliphatic rings. The van der Waals surface area contributed by atoms with Gasteiger partial charge in [-0.25, -0.2) is 0 Å². The topological polar surface area (TPSA) is 39.7 Å². The number of nitrogens with zero attached hydrogens (tertiary/aromatic N) is 2. The highest BCUT2D eigenvalue weighted by Crippen LogP contribution is 2.26. The molecule has 0 amide bonds. The molecule has 0 radical (unpaired) electrons. The molecule has 5 heteroatoms. The fourth-order valence-electron chi connectivity index (χ4n) is 2.51. The smallest absolute Gasteiger partial charge is 0.191 e. The van der Waals surface area contributed by atoms with Gasteiger partial charge in [0.25, 0.3) is 0 Å². The molecule has 23 heavy (non-hydrogen) atoms. The Hall–Kier alpha value is -0.820. The van der Waals surface area contributed by atoms with Gasteiger partial charge in [-0.3, -0.25) is 9.89 Å². The molecule has 0 bridgehead atoms. The van der Waals surface area contributed by atoms with Crippen LogP contribution in [0.3, 0.4) is 0 Å². The maximum atomic E-state index is 4.73. The summed E-state index contributed by atoms with van der Waals surface area (Å²) in [5, 5.41) is 6.76. The number of guanidine groups is 1. The highest BCUT2D eigenvalue weighted by atomic mass is 127. The summed E-state index contributed by atoms with van der Waals surface area (Å²) in [5.74, 6) is 0.925. The fourth-order valence-corrected chi connectivity index (χ4v) is 2.51. The van der Waals surface area contributed by atoms with E-state index in [4.69, 9.17) is 4.99 Å². The predicted molar refractivity (Wildman–Crippen MR) is 110 cm³/mol. The number of benzene rings is 1. The summed E-state index contributed by atoms with van der Waals surface area (Å²) >= 11 is 0. The van der Waals surface area contributed by atoms with Crippen molar-refractivity contribution < 1.29 is 0 Å². The first-order valence-corrected chi connectivity index (χ1v) is 8.48. The molecule has 4 nitrogen and oxygen atoms in total. The quantitative estimate of drug-likeness (QED) is 0.379. The molecule has 0 aliphatic heterocycles. The van der Waals surface area contributed by atoms with Crippen LogP contribution in [0.25, 0.3) is 0 Å². The fraction of sp³-hybridized carbons (Fsp3) is 0.611. The van der Waals surface area contributed by atoms with Crippen molar-refractivity contribution in [2.45, 2.75) is 45.2 Å². The standard InChI is InChI=1S/C18H30N4.HI/c1-4-19-18(20-13-12-16-8-6-5-7-9-16)21-14-15(2)22(3)17-10-11-17;/h5-9,15,17H,4,10-14H2,1-3H3,(H2,19,20,21);1H. The van der Waals surface area contributed by atoms with Crippen LogP contribution in [0.4, 0.5) is 0 Å². The second-order valence-corrected chi connectivity index (χ2v) is 6.13. The van der Waals surface area contributed by atoms with Gasteiger partial charge >= 0.3 is 0 Å². The SMILES string of the molecule is CCNC(=NCC(C)N(C)C1CC1)NCCc1ccccc1.I. The van der Waals surface area contributed by atoms with Gasteiger partial charge in [0, 0.05) is 25.2 Å². The molecule has 2 rings (SSSR count). The number of hydrogen-bond donors (Lipinski definition) is 2. The van der Waals surface area contributed by atoms with E-state index in [1.807, 2.05) is 0 Å². The van der Waals surface area contributed by atoms with Crippen LogP contribution in [-0.4, -0.2) is 49.6 Å². The summed E-state index contributed by atoms with van der Waals surface area (Å²) in [5.41, 5.74) is 1.35. The Bertz CT molecular complexity index is 459. The minimum atomic E-state index is 0. The van der Waals surface area contributed by atoms with E-state index in [0.717, 1.165) is 38.1 Å². The molecule has 1 aliphatic carbocycles. The van der Waals surface area contributed by atoms with Crippen molar-refractivity contribution in [1.29, 1.82) is 0 Å². The van der Waals surface area contributed by atoms with Crippen LogP contribution in [0.5, 0.6) is 0 Å². The van der Waals surface area contributed by atoms with Crippen molar-refractivity contribution in [3.05, 3.63) is 35.9 Å². The van der Waals surface area contributed by atoms with Crippen molar-refractivity contribution in [3.8, 4) is 0 Å². The van der Waals surface area contributed by atoms with E-state index in [1.54, 1.807) is 0 Å². The van der Waals surface area contributed by atoms with Gasteiger partial charge in [-0.2, -0.15) is 0 Å². The van der Waals surface area contributed by atoms with Crippen LogP contribution in [-0.2, 0) is 6.42 Å². The van der Waals surface area contributed by atoms with Gasteiger partial charge in [-0.15, -0.1) is 24.0 Å². The Balaban J connectivity index is 0.00000264. The first-order valence-electron chi connectivity index (χ1n) is 8.48. The van der Waals surface area contributed by atoms with Crippen molar-refractivity contribution in [1.82, 2.24) is 15.5 Å². The molecule has 0 spiro atoms. The average Bonchev–Trinajstić information content (AvgIpc) is 3.37. The maximum Gasteiger partial charge on any atom is 0.191 e. The molecule has 1 fully saturated rings. The lowest BCUT2D eigenvalue weighted by Crippen LogP contribution is -2.40. The van der Waals surface area contributed by atoms with E-state index in [-0.39, 0.29) is 24.0 Å². The number of likely N-dealkylation sites (N-methyl/N-ethyl adjacent to an activating group) is 1. The van der Waals surface area contributed by atoms with Crippen molar-refractivity contribution in [2.75, 3.05) is 26.7 Å². The molecular formula is C18H31IN4. The first kappa shape index (κ1) is 20.2. The summed E-state index contributed by atoms with van der Waals surface area (Å²) in [4.78, 5) is 7.18. The minimum Gasteiger partial charge on any atom is -0.357 e. The number of halogens is 1. The van der Waals surface area contributed by atoms with Gasteiger partial charge in [-0.05, 0) is 45.7 Å². The average molecular weight is 430 g/mol. The highest BCUT2D eigenvalue weighted by molar-refractivity contribution is 14.0. The van der Waals surface area contributed by atoms with E-state index < -0.39 is 0 Å². The highest BCUT2D eigenvalue weighted by Gasteiger charge is 2.28. The van der Waals surface area contributed by atoms with E-state index in [9.17, 15) is 0 Å². The van der Waals surface area contributed by atoms with Crippen LogP contribution in [0.15, 0.2) is 35.3 Å². The first-order chi connectivity index (χ1) is 10.7. The van der Waals surface area contributed by atoms with Crippen LogP contribution in [0, 0.1) is 0 Å². The van der Waals surface area contributed by atoms with E-state index >= 15 is 0 Å². The van der Waals surface area contributed by atoms with Gasteiger partial charge in [0.05, 0.1) is 6.54 Å². The zero-order valence-electron chi connectivity index (χ0n) is 14.6. The van der Waals surface area contributed by atoms with E-state index in [1.165, 1.54) is 18.4 Å². The van der Waals surface area contributed by atoms with Crippen molar-refractivity contribution in [2.24, 2.45) is 4.99 Å². The summed E-state index contributed by atoms with van der Waals surface area (Å²) in [6, 6.07) is 11.8. The van der Waals surface area contributed by atoms with Crippen LogP contribution >= 0.6 is 24.0 Å². The van der Waals surface area contributed by atoms with Crippen LogP contribution in [0.1, 0.15) is 32.3 Å². The van der Waals surface area contributed by atoms with E-state index in [2.05, 4.69) is 66.8 Å². The zero-order valence-corrected chi connectivity index (χ0v) is 16.9. The minimum absolute atomic E-state index is 0. The zero-order chi connectivity index (χ0) is 15.8. The summed E-state index contributed by atoms with van der Waals surface area (Å²) in [6.07, 6.45) is 3.71. The van der Waals surface area contributed by atoms with Gasteiger partial charge in [-0.1, -0.05) is 30.3 Å². The Morgan fingerprint density at radius 2 is 1.96 bits per heavy atom. The molecule has 0 saturated heterocycles. The number of rotatable bonds is 8. The van der Waals surface area contributed by atoms with Gasteiger partial charge in [0.2, 0.25) is 0 Å². The summed E-state index contributed by atoms with van der Waals surface area (Å²) in [7, 11) is 2.22. The Morgan fingerprint density at radius 3 is 2.57 bits per heavy atom. The molecule has 0 heterocycles. The third-order valence-corrected chi connectivity index (χ3v) is 4.22. The van der Waals surface area contributed by atoms with Crippen LogP contribution in [0.2, 0.25) is 0 Å². The molecule has 1 atom stereocenters. The Morgan fingerprint density at radius 1 is 1.26 bits per heavy atom. The molecule has 1 aromatic carbocycles. The molecule has 2 N–H and O–H groups in total.